The molecule has 10 rings (SSSR count). The lowest BCUT2D eigenvalue weighted by Gasteiger charge is -2.13. The van der Waals surface area contributed by atoms with Gasteiger partial charge >= 0.3 is 0 Å². The van der Waals surface area contributed by atoms with E-state index < -0.39 is 0 Å². The Morgan fingerprint density at radius 2 is 1.25 bits per heavy atom. The molecule has 0 atom stereocenters. The van der Waals surface area contributed by atoms with Crippen molar-refractivity contribution in [3.63, 3.8) is 0 Å². The second-order valence-corrected chi connectivity index (χ2v) is 13.6. The first-order valence-electron chi connectivity index (χ1n) is 16.8. The number of aliphatic imine (C=N–C) groups is 1. The number of hydrogen-bond acceptors (Lipinski definition) is 3. The van der Waals surface area contributed by atoms with Gasteiger partial charge in [0.2, 0.25) is 0 Å². The Labute approximate surface area is 300 Å². The molecule has 51 heavy (non-hydrogen) atoms. The fourth-order valence-corrected chi connectivity index (χ4v) is 8.07. The van der Waals surface area contributed by atoms with Crippen molar-refractivity contribution in [2.75, 3.05) is 0 Å². The lowest BCUT2D eigenvalue weighted by Crippen LogP contribution is -2.06. The van der Waals surface area contributed by atoms with Crippen LogP contribution in [0.3, 0.4) is 0 Å². The van der Waals surface area contributed by atoms with E-state index in [2.05, 4.69) is 150 Å². The maximum absolute atomic E-state index is 9.18. The zero-order valence-electron chi connectivity index (χ0n) is 27.6. The lowest BCUT2D eigenvalue weighted by molar-refractivity contribution is 1.10. The van der Waals surface area contributed by atoms with E-state index in [1.165, 1.54) is 43.9 Å². The molecule has 0 fully saturated rings. The van der Waals surface area contributed by atoms with Crippen LogP contribution in [0, 0.1) is 11.3 Å². The minimum atomic E-state index is 0.670. The third-order valence-electron chi connectivity index (χ3n) is 9.49. The molecule has 4 nitrogen and oxygen atoms in total. The molecule has 8 aromatic rings. The van der Waals surface area contributed by atoms with E-state index in [0.29, 0.717) is 5.56 Å². The van der Waals surface area contributed by atoms with Crippen LogP contribution in [-0.2, 0) is 0 Å². The molecule has 0 amide bonds. The maximum atomic E-state index is 9.18. The number of hydrogen-bond donors (Lipinski definition) is 0. The van der Waals surface area contributed by atoms with Gasteiger partial charge < -0.3 is 9.13 Å². The van der Waals surface area contributed by atoms with Crippen molar-refractivity contribution in [1.29, 1.82) is 5.26 Å². The molecule has 240 valence electrons. The first-order valence-corrected chi connectivity index (χ1v) is 17.6. The van der Waals surface area contributed by atoms with Gasteiger partial charge in [0.25, 0.3) is 0 Å². The summed E-state index contributed by atoms with van der Waals surface area (Å²) >= 11 is 1.70. The number of rotatable bonds is 5. The highest BCUT2D eigenvalue weighted by Crippen LogP contribution is 2.48. The Kier molecular flexibility index (Phi) is 7.39. The molecule has 0 N–H and O–H groups in total. The number of para-hydroxylation sites is 3. The second-order valence-electron chi connectivity index (χ2n) is 12.4. The van der Waals surface area contributed by atoms with Crippen LogP contribution in [0.2, 0.25) is 0 Å². The first kappa shape index (κ1) is 30.4. The Balaban J connectivity index is 0.000000830. The Morgan fingerprint density at radius 1 is 0.608 bits per heavy atom. The normalized spacial score (nSPS) is 12.4. The summed E-state index contributed by atoms with van der Waals surface area (Å²) in [5.74, 6) is 0. The molecule has 6 aromatic carbocycles. The van der Waals surface area contributed by atoms with E-state index in [4.69, 9.17) is 4.99 Å². The summed E-state index contributed by atoms with van der Waals surface area (Å²) in [5, 5.41) is 12.9. The number of fused-ring (bicyclic) bond motifs is 10. The van der Waals surface area contributed by atoms with Gasteiger partial charge in [0.1, 0.15) is 0 Å². The van der Waals surface area contributed by atoms with Crippen molar-refractivity contribution in [3.8, 4) is 17.4 Å². The van der Waals surface area contributed by atoms with Gasteiger partial charge in [-0.1, -0.05) is 91.7 Å². The minimum absolute atomic E-state index is 0.670. The third-order valence-corrected chi connectivity index (χ3v) is 10.5. The molecule has 2 aliphatic rings. The average Bonchev–Trinajstić information content (AvgIpc) is 3.91. The smallest absolute Gasteiger partial charge is 0.0991 e. The third kappa shape index (κ3) is 4.96. The van der Waals surface area contributed by atoms with Crippen LogP contribution in [-0.4, -0.2) is 14.8 Å². The predicted octanol–water partition coefficient (Wildman–Crippen LogP) is 12.1. The van der Waals surface area contributed by atoms with Crippen molar-refractivity contribution in [2.24, 2.45) is 4.99 Å². The number of allylic oxidation sites excluding steroid dienone is 3. The van der Waals surface area contributed by atoms with Gasteiger partial charge in [-0.05, 0) is 91.0 Å². The van der Waals surface area contributed by atoms with E-state index in [9.17, 15) is 5.26 Å². The summed E-state index contributed by atoms with van der Waals surface area (Å²) in [6.45, 7) is 6.72. The summed E-state index contributed by atoms with van der Waals surface area (Å²) in [4.78, 5) is 7.44. The van der Waals surface area contributed by atoms with Crippen LogP contribution in [0.15, 0.2) is 180 Å². The second kappa shape index (κ2) is 12.4. The molecule has 0 saturated carbocycles. The molecule has 1 aliphatic heterocycles. The van der Waals surface area contributed by atoms with Crippen LogP contribution < -0.4 is 0 Å². The zero-order chi connectivity index (χ0) is 34.5. The molecule has 5 heteroatoms. The van der Waals surface area contributed by atoms with Crippen LogP contribution in [0.25, 0.3) is 55.7 Å². The van der Waals surface area contributed by atoms with Gasteiger partial charge in [-0.15, -0.1) is 0 Å². The number of nitrogens with zero attached hydrogens (tertiary/aromatic N) is 4. The van der Waals surface area contributed by atoms with E-state index in [-0.39, 0.29) is 0 Å². The summed E-state index contributed by atoms with van der Waals surface area (Å²) in [7, 11) is 0. The summed E-state index contributed by atoms with van der Waals surface area (Å²) in [6, 6.07) is 51.3. The molecule has 2 aromatic heterocycles. The van der Waals surface area contributed by atoms with Crippen molar-refractivity contribution < 1.29 is 0 Å². The fourth-order valence-electron chi connectivity index (χ4n) is 7.25. The molecule has 3 heterocycles. The lowest BCUT2D eigenvalue weighted by atomic mass is 10.0. The molecule has 0 bridgehead atoms. The monoisotopic (exact) mass is 670 g/mol. The Hall–Kier alpha value is -6.61. The standard InChI is InChI=1S/C42H24N4S.C4H6/c43-25-26-14-18-29(19-15-26)47-30-20-16-28(17-21-30)46-40-24-39-33(32-11-5-7-13-38(32)45(39)27-8-2-1-3-9-27)22-34(40)36-23-35-31-10-4-6-12-37(31)44-41(35)42(36)46;1-3-4-2/h1-24H;3-4H,1-2H2. The van der Waals surface area contributed by atoms with E-state index in [1.807, 2.05) is 24.3 Å². The number of nitriles is 1. The summed E-state index contributed by atoms with van der Waals surface area (Å²) < 4.78 is 4.79. The van der Waals surface area contributed by atoms with Gasteiger partial charge in [-0.3, -0.25) is 0 Å². The van der Waals surface area contributed by atoms with E-state index >= 15 is 0 Å². The van der Waals surface area contributed by atoms with Crippen molar-refractivity contribution in [2.45, 2.75) is 9.79 Å². The molecule has 0 radical (unpaired) electrons. The van der Waals surface area contributed by atoms with Crippen LogP contribution in [0.1, 0.15) is 22.4 Å². The largest absolute Gasteiger partial charge is 0.309 e. The molecule has 0 unspecified atom stereocenters. The van der Waals surface area contributed by atoms with Gasteiger partial charge in [-0.2, -0.15) is 5.26 Å². The van der Waals surface area contributed by atoms with Gasteiger partial charge in [0.05, 0.1) is 45.3 Å². The van der Waals surface area contributed by atoms with Gasteiger partial charge in [-0.25, -0.2) is 4.99 Å². The molecule has 0 spiro atoms. The van der Waals surface area contributed by atoms with Gasteiger partial charge in [0.15, 0.2) is 0 Å². The molecule has 0 saturated heterocycles. The van der Waals surface area contributed by atoms with Gasteiger partial charge in [0, 0.05) is 54.0 Å². The molecule has 1 aliphatic carbocycles. The molecular formula is C46H30N4S. The van der Waals surface area contributed by atoms with Crippen molar-refractivity contribution in [3.05, 3.63) is 187 Å². The Bertz CT molecular complexity index is 2780. The van der Waals surface area contributed by atoms with Crippen LogP contribution >= 0.6 is 11.8 Å². The van der Waals surface area contributed by atoms with Crippen molar-refractivity contribution in [1.82, 2.24) is 9.13 Å². The average molecular weight is 671 g/mol. The predicted molar refractivity (Wildman–Crippen MR) is 214 cm³/mol. The highest BCUT2D eigenvalue weighted by molar-refractivity contribution is 7.99. The zero-order valence-corrected chi connectivity index (χ0v) is 28.4. The highest BCUT2D eigenvalue weighted by Gasteiger charge is 2.34. The number of aromatic nitrogens is 2. The van der Waals surface area contributed by atoms with Crippen molar-refractivity contribution >= 4 is 67.5 Å². The highest BCUT2D eigenvalue weighted by atomic mass is 32.2. The number of benzene rings is 6. The fraction of sp³-hybridized carbons (Fsp3) is 0. The first-order chi connectivity index (χ1) is 25.2. The topological polar surface area (TPSA) is 46.0 Å². The van der Waals surface area contributed by atoms with Crippen LogP contribution in [0.5, 0.6) is 0 Å². The minimum Gasteiger partial charge on any atom is -0.309 e. The quantitative estimate of drug-likeness (QED) is 0.171. The van der Waals surface area contributed by atoms with E-state index in [0.717, 1.165) is 43.8 Å². The van der Waals surface area contributed by atoms with E-state index in [1.54, 1.807) is 23.9 Å². The maximum Gasteiger partial charge on any atom is 0.0991 e. The SMILES string of the molecule is C=CC=C.N#Cc1ccc(Sc2ccc(-n3c4c(c5cc6c7ccccc7n(-c7ccccc7)c6cc53)C=C3C4=Nc4ccccc43)cc2)cc1. The molecular weight excluding hydrogens is 641 g/mol. The Morgan fingerprint density at radius 3 is 2.00 bits per heavy atom. The summed E-state index contributed by atoms with van der Waals surface area (Å²) in [6.07, 6.45) is 5.62. The van der Waals surface area contributed by atoms with Crippen LogP contribution in [0.4, 0.5) is 5.69 Å². The summed E-state index contributed by atoms with van der Waals surface area (Å²) in [5.41, 5.74) is 13.2.